The Hall–Kier alpha value is -2.81. The maximum atomic E-state index is 12.6. The van der Waals surface area contributed by atoms with Gasteiger partial charge in [-0.1, -0.05) is 12.1 Å². The lowest BCUT2D eigenvalue weighted by Gasteiger charge is -2.18. The Morgan fingerprint density at radius 2 is 2.07 bits per heavy atom. The molecule has 30 heavy (non-hydrogen) atoms. The molecular weight excluding hydrogens is 415 g/mol. The summed E-state index contributed by atoms with van der Waals surface area (Å²) in [5, 5.41) is 8.67. The molecule has 0 spiro atoms. The van der Waals surface area contributed by atoms with Crippen molar-refractivity contribution in [2.75, 3.05) is 18.4 Å². The van der Waals surface area contributed by atoms with Gasteiger partial charge in [0.25, 0.3) is 0 Å². The first-order valence-electron chi connectivity index (χ1n) is 9.49. The van der Waals surface area contributed by atoms with Crippen LogP contribution in [0.15, 0.2) is 41.1 Å². The quantitative estimate of drug-likeness (QED) is 0.628. The van der Waals surface area contributed by atoms with Crippen molar-refractivity contribution in [1.29, 1.82) is 0 Å². The van der Waals surface area contributed by atoms with Gasteiger partial charge in [-0.05, 0) is 42.7 Å². The van der Waals surface area contributed by atoms with Gasteiger partial charge in [0.2, 0.25) is 5.91 Å². The second-order valence-electron chi connectivity index (χ2n) is 7.33. The number of anilines is 1. The molecule has 9 heteroatoms. The van der Waals surface area contributed by atoms with Crippen molar-refractivity contribution in [1.82, 2.24) is 9.88 Å². The highest BCUT2D eigenvalue weighted by atomic mass is 32.1. The molecule has 1 fully saturated rings. The van der Waals surface area contributed by atoms with Gasteiger partial charge >= 0.3 is 6.36 Å². The summed E-state index contributed by atoms with van der Waals surface area (Å²) in [4.78, 5) is 19.0. The van der Waals surface area contributed by atoms with Crippen molar-refractivity contribution >= 4 is 34.0 Å². The molecule has 1 saturated heterocycles. The largest absolute Gasteiger partial charge is 0.573 e. The number of pyridine rings is 1. The molecule has 158 valence electrons. The number of amides is 1. The first kappa shape index (κ1) is 20.5. The Balaban J connectivity index is 1.33. The van der Waals surface area contributed by atoms with E-state index in [2.05, 4.69) is 27.3 Å². The van der Waals surface area contributed by atoms with E-state index in [0.29, 0.717) is 18.7 Å². The van der Waals surface area contributed by atoms with E-state index in [1.54, 1.807) is 16.2 Å². The minimum absolute atomic E-state index is 0.0544. The van der Waals surface area contributed by atoms with Crippen molar-refractivity contribution in [3.63, 3.8) is 0 Å². The van der Waals surface area contributed by atoms with E-state index in [4.69, 9.17) is 0 Å². The number of fused-ring (bicyclic) bond motifs is 1. The summed E-state index contributed by atoms with van der Waals surface area (Å²) in [6, 6.07) is 7.53. The van der Waals surface area contributed by atoms with Gasteiger partial charge < -0.3 is 15.0 Å². The number of aryl methyl sites for hydroxylation is 1. The summed E-state index contributed by atoms with van der Waals surface area (Å²) in [7, 11) is 0. The number of carbonyl (C=O) groups is 1. The number of benzene rings is 1. The fourth-order valence-electron chi connectivity index (χ4n) is 3.60. The number of aromatic nitrogens is 1. The minimum atomic E-state index is -4.73. The number of carbonyl (C=O) groups excluding carboxylic acids is 1. The van der Waals surface area contributed by atoms with Crippen LogP contribution < -0.4 is 10.1 Å². The summed E-state index contributed by atoms with van der Waals surface area (Å²) >= 11 is 1.62. The third-order valence-corrected chi connectivity index (χ3v) is 5.80. The van der Waals surface area contributed by atoms with Gasteiger partial charge in [-0.3, -0.25) is 4.79 Å². The average molecular weight is 435 g/mol. The molecule has 1 aliphatic heterocycles. The van der Waals surface area contributed by atoms with Gasteiger partial charge in [0.15, 0.2) is 0 Å². The summed E-state index contributed by atoms with van der Waals surface area (Å²) in [5.74, 6) is 0.452. The molecule has 0 aliphatic carbocycles. The molecule has 1 atom stereocenters. The van der Waals surface area contributed by atoms with Crippen LogP contribution in [0.25, 0.3) is 10.9 Å². The molecule has 5 nitrogen and oxygen atoms in total. The number of ether oxygens (including phenoxy) is 1. The molecule has 0 saturated carbocycles. The van der Waals surface area contributed by atoms with Crippen LogP contribution in [0.2, 0.25) is 0 Å². The van der Waals surface area contributed by atoms with Gasteiger partial charge in [0, 0.05) is 35.3 Å². The minimum Gasteiger partial charge on any atom is -0.406 e. The predicted molar refractivity (Wildman–Crippen MR) is 110 cm³/mol. The van der Waals surface area contributed by atoms with Crippen molar-refractivity contribution in [3.05, 3.63) is 52.2 Å². The van der Waals surface area contributed by atoms with Gasteiger partial charge in [-0.15, -0.1) is 24.5 Å². The second-order valence-corrected chi connectivity index (χ2v) is 8.08. The third kappa shape index (κ3) is 4.84. The second kappa shape index (κ2) is 8.14. The van der Waals surface area contributed by atoms with Crippen LogP contribution in [0, 0.1) is 6.92 Å². The Morgan fingerprint density at radius 3 is 2.80 bits per heavy atom. The smallest absolute Gasteiger partial charge is 0.406 e. The van der Waals surface area contributed by atoms with Gasteiger partial charge in [0.1, 0.15) is 11.6 Å². The molecule has 0 radical (unpaired) electrons. The number of hydrogen-bond donors (Lipinski definition) is 1. The van der Waals surface area contributed by atoms with Crippen LogP contribution >= 0.6 is 11.3 Å². The topological polar surface area (TPSA) is 54.5 Å². The lowest BCUT2D eigenvalue weighted by molar-refractivity contribution is -0.274. The molecule has 1 unspecified atom stereocenters. The van der Waals surface area contributed by atoms with E-state index in [0.717, 1.165) is 28.7 Å². The summed E-state index contributed by atoms with van der Waals surface area (Å²) < 4.78 is 40.6. The van der Waals surface area contributed by atoms with Crippen molar-refractivity contribution in [3.8, 4) is 5.75 Å². The summed E-state index contributed by atoms with van der Waals surface area (Å²) in [6.07, 6.45) is -3.78. The monoisotopic (exact) mass is 435 g/mol. The maximum Gasteiger partial charge on any atom is 0.573 e. The van der Waals surface area contributed by atoms with Gasteiger partial charge in [0.05, 0.1) is 11.9 Å². The summed E-state index contributed by atoms with van der Waals surface area (Å²) in [6.45, 7) is 3.25. The highest BCUT2D eigenvalue weighted by Gasteiger charge is 2.31. The van der Waals surface area contributed by atoms with E-state index in [9.17, 15) is 18.0 Å². The van der Waals surface area contributed by atoms with Gasteiger partial charge in [-0.2, -0.15) is 0 Å². The molecule has 0 bridgehead atoms. The van der Waals surface area contributed by atoms with E-state index < -0.39 is 6.36 Å². The molecule has 2 aromatic heterocycles. The number of rotatable bonds is 5. The van der Waals surface area contributed by atoms with Gasteiger partial charge in [-0.25, -0.2) is 4.98 Å². The molecule has 4 rings (SSSR count). The van der Waals surface area contributed by atoms with Crippen LogP contribution in [0.4, 0.5) is 19.0 Å². The normalized spacial score (nSPS) is 16.8. The van der Waals surface area contributed by atoms with Crippen LogP contribution in [0.3, 0.4) is 0 Å². The molecule has 1 aliphatic rings. The molecular formula is C21H20F3N3O2S. The lowest BCUT2D eigenvalue weighted by Crippen LogP contribution is -2.32. The van der Waals surface area contributed by atoms with Crippen molar-refractivity contribution in [2.45, 2.75) is 32.2 Å². The number of thiophene rings is 1. The first-order chi connectivity index (χ1) is 14.3. The van der Waals surface area contributed by atoms with Crippen molar-refractivity contribution in [2.24, 2.45) is 0 Å². The van der Waals surface area contributed by atoms with Crippen LogP contribution in [0.1, 0.15) is 17.5 Å². The third-order valence-electron chi connectivity index (χ3n) is 5.07. The Labute approximate surface area is 175 Å². The van der Waals surface area contributed by atoms with E-state index in [1.165, 1.54) is 24.3 Å². The molecule has 1 N–H and O–H groups in total. The molecule has 1 aromatic carbocycles. The Kier molecular flexibility index (Phi) is 5.55. The van der Waals surface area contributed by atoms with Crippen LogP contribution in [0.5, 0.6) is 5.75 Å². The number of nitrogens with one attached hydrogen (secondary N) is 1. The highest BCUT2D eigenvalue weighted by molar-refractivity contribution is 7.09. The lowest BCUT2D eigenvalue weighted by atomic mass is 10.1. The van der Waals surface area contributed by atoms with Crippen molar-refractivity contribution < 1.29 is 22.7 Å². The predicted octanol–water partition coefficient (Wildman–Crippen LogP) is 4.76. The molecule has 3 aromatic rings. The number of nitrogens with zero attached hydrogens (tertiary/aromatic N) is 2. The Bertz CT molecular complexity index is 1050. The fourth-order valence-corrected chi connectivity index (χ4v) is 4.42. The first-order valence-corrected chi connectivity index (χ1v) is 10.4. The van der Waals surface area contributed by atoms with Crippen LogP contribution in [-0.2, 0) is 11.2 Å². The van der Waals surface area contributed by atoms with E-state index >= 15 is 0 Å². The zero-order valence-electron chi connectivity index (χ0n) is 16.2. The standard InChI is InChI=1S/C21H20F3N3O2S/c1-13-8-19(26-18-12-30-11-17(13)18)25-15-6-7-27(10-15)20(28)9-14-2-4-16(5-3-14)29-21(22,23)24/h2-5,8,11-12,15H,6-7,9-10H2,1H3,(H,25,26). The zero-order chi connectivity index (χ0) is 21.3. The number of alkyl halides is 3. The maximum absolute atomic E-state index is 12.6. The number of hydrogen-bond acceptors (Lipinski definition) is 5. The zero-order valence-corrected chi connectivity index (χ0v) is 17.0. The molecule has 1 amide bonds. The fraction of sp³-hybridized carbons (Fsp3) is 0.333. The van der Waals surface area contributed by atoms with Crippen LogP contribution in [-0.4, -0.2) is 41.3 Å². The SMILES string of the molecule is Cc1cc(NC2CCN(C(=O)Cc3ccc(OC(F)(F)F)cc3)C2)nc2cscc12. The summed E-state index contributed by atoms with van der Waals surface area (Å²) in [5.41, 5.74) is 2.77. The Morgan fingerprint density at radius 1 is 1.30 bits per heavy atom. The highest BCUT2D eigenvalue weighted by Crippen LogP contribution is 2.26. The number of likely N-dealkylation sites (tertiary alicyclic amines) is 1. The van der Waals surface area contributed by atoms with E-state index in [-0.39, 0.29) is 24.1 Å². The average Bonchev–Trinajstić information content (AvgIpc) is 3.32. The van der Waals surface area contributed by atoms with E-state index in [1.807, 2.05) is 11.4 Å². The number of halogens is 3. The molecule has 3 heterocycles.